The van der Waals surface area contributed by atoms with Gasteiger partial charge in [-0.2, -0.15) is 4.98 Å². The van der Waals surface area contributed by atoms with Gasteiger partial charge in [0.25, 0.3) is 5.56 Å². The zero-order valence-corrected chi connectivity index (χ0v) is 16.5. The number of fused-ring (bicyclic) bond motifs is 1. The number of aromatic nitrogens is 5. The fourth-order valence-corrected chi connectivity index (χ4v) is 3.33. The lowest BCUT2D eigenvalue weighted by molar-refractivity contribution is 0.146. The normalized spacial score (nSPS) is 14.3. The number of halogens is 2. The number of rotatable bonds is 6. The molecule has 0 fully saturated rings. The molecule has 3 aromatic rings. The van der Waals surface area contributed by atoms with Crippen LogP contribution in [0, 0.1) is 11.6 Å². The third-order valence-electron chi connectivity index (χ3n) is 4.85. The minimum absolute atomic E-state index is 0.0681. The van der Waals surface area contributed by atoms with Crippen LogP contribution in [0.2, 0.25) is 0 Å². The van der Waals surface area contributed by atoms with Gasteiger partial charge in [0, 0.05) is 44.9 Å². The van der Waals surface area contributed by atoms with Gasteiger partial charge in [-0.25, -0.2) is 13.5 Å². The summed E-state index contributed by atoms with van der Waals surface area (Å²) in [7, 11) is 3.16. The van der Waals surface area contributed by atoms with E-state index in [1.807, 2.05) is 4.90 Å². The predicted molar refractivity (Wildman–Crippen MR) is 105 cm³/mol. The molecule has 0 spiro atoms. The van der Waals surface area contributed by atoms with E-state index in [1.165, 1.54) is 23.9 Å². The zero-order valence-electron chi connectivity index (χ0n) is 16.5. The highest BCUT2D eigenvalue weighted by molar-refractivity contribution is 5.72. The van der Waals surface area contributed by atoms with E-state index in [2.05, 4.69) is 20.3 Å². The highest BCUT2D eigenvalue weighted by Gasteiger charge is 2.22. The van der Waals surface area contributed by atoms with Gasteiger partial charge in [-0.1, -0.05) is 11.3 Å². The Morgan fingerprint density at radius 1 is 1.23 bits per heavy atom. The number of methoxy groups -OCH3 is 1. The lowest BCUT2D eigenvalue weighted by Crippen LogP contribution is -2.31. The summed E-state index contributed by atoms with van der Waals surface area (Å²) in [6.45, 7) is 1.29. The van der Waals surface area contributed by atoms with Crippen molar-refractivity contribution in [2.75, 3.05) is 38.3 Å². The van der Waals surface area contributed by atoms with E-state index >= 15 is 0 Å². The first-order valence-corrected chi connectivity index (χ1v) is 9.32. The fraction of sp³-hybridized carbons (Fsp3) is 0.368. The molecule has 4 rings (SSSR count). The summed E-state index contributed by atoms with van der Waals surface area (Å²) in [5.74, 6) is -0.896. The summed E-state index contributed by atoms with van der Waals surface area (Å²) < 4.78 is 40.7. The van der Waals surface area contributed by atoms with E-state index in [0.29, 0.717) is 43.3 Å². The molecule has 1 aromatic carbocycles. The van der Waals surface area contributed by atoms with Gasteiger partial charge in [-0.15, -0.1) is 5.10 Å². The molecular weight excluding hydrogens is 398 g/mol. The van der Waals surface area contributed by atoms with Crippen LogP contribution in [-0.4, -0.2) is 58.4 Å². The average molecular weight is 418 g/mol. The number of benzene rings is 1. The summed E-state index contributed by atoms with van der Waals surface area (Å²) in [4.78, 5) is 21.1. The molecule has 1 N–H and O–H groups in total. The highest BCUT2D eigenvalue weighted by Crippen LogP contribution is 2.31. The van der Waals surface area contributed by atoms with Gasteiger partial charge in [0.05, 0.1) is 6.61 Å². The Bertz CT molecular complexity index is 1150. The summed E-state index contributed by atoms with van der Waals surface area (Å²) in [5.41, 5.74) is 0.618. The summed E-state index contributed by atoms with van der Waals surface area (Å²) in [6.07, 6.45) is 2.10. The molecule has 9 nitrogen and oxygen atoms in total. The van der Waals surface area contributed by atoms with Gasteiger partial charge in [0.15, 0.2) is 11.2 Å². The standard InChI is InChI=1S/C19H20F2N6O3/c1-26-17-16(24-25-26)18(28)23-19(22-17)27-5-3-11(4-6-27)15-13(20)9-12(10-14(15)21)30-8-7-29-2/h3,9-10H,4-8H2,1-2H3,(H,22,23,28). The molecule has 1 aliphatic rings. The Morgan fingerprint density at radius 3 is 2.67 bits per heavy atom. The molecule has 0 unspecified atom stereocenters. The van der Waals surface area contributed by atoms with E-state index in [9.17, 15) is 13.6 Å². The average Bonchev–Trinajstić information content (AvgIpc) is 3.10. The van der Waals surface area contributed by atoms with Gasteiger partial charge in [-0.3, -0.25) is 9.78 Å². The van der Waals surface area contributed by atoms with Crippen LogP contribution < -0.4 is 15.2 Å². The van der Waals surface area contributed by atoms with Crippen molar-refractivity contribution in [3.05, 3.63) is 45.8 Å². The van der Waals surface area contributed by atoms with E-state index in [4.69, 9.17) is 9.47 Å². The molecule has 0 saturated carbocycles. The van der Waals surface area contributed by atoms with Crippen molar-refractivity contribution in [3.63, 3.8) is 0 Å². The van der Waals surface area contributed by atoms with Crippen molar-refractivity contribution in [1.82, 2.24) is 25.0 Å². The van der Waals surface area contributed by atoms with Crippen LogP contribution in [0.5, 0.6) is 5.75 Å². The Labute approximate surface area is 169 Å². The molecule has 11 heteroatoms. The Hall–Kier alpha value is -3.34. The molecule has 0 saturated heterocycles. The van der Waals surface area contributed by atoms with Crippen molar-refractivity contribution in [3.8, 4) is 5.75 Å². The lowest BCUT2D eigenvalue weighted by Gasteiger charge is -2.27. The van der Waals surface area contributed by atoms with Gasteiger partial charge >= 0.3 is 0 Å². The number of nitrogens with one attached hydrogen (secondary N) is 1. The zero-order chi connectivity index (χ0) is 21.3. The van der Waals surface area contributed by atoms with Gasteiger partial charge in [-0.05, 0) is 12.0 Å². The first-order valence-electron chi connectivity index (χ1n) is 9.32. The number of hydrogen-bond donors (Lipinski definition) is 1. The predicted octanol–water partition coefficient (Wildman–Crippen LogP) is 1.65. The van der Waals surface area contributed by atoms with Crippen LogP contribution in [0.4, 0.5) is 14.7 Å². The van der Waals surface area contributed by atoms with Crippen LogP contribution in [0.15, 0.2) is 23.0 Å². The van der Waals surface area contributed by atoms with Crippen LogP contribution in [0.1, 0.15) is 12.0 Å². The van der Waals surface area contributed by atoms with Crippen molar-refractivity contribution < 1.29 is 18.3 Å². The number of nitrogens with zero attached hydrogens (tertiary/aromatic N) is 5. The van der Waals surface area contributed by atoms with Crippen LogP contribution >= 0.6 is 0 Å². The third kappa shape index (κ3) is 3.75. The Kier molecular flexibility index (Phi) is 5.44. The molecular formula is C19H20F2N6O3. The molecule has 2 aromatic heterocycles. The SMILES string of the molecule is COCCOc1cc(F)c(C2=CCN(c3nc4c(nnn4C)c(=O)[nH]3)CC2)c(F)c1. The van der Waals surface area contributed by atoms with Crippen LogP contribution in [-0.2, 0) is 11.8 Å². The first-order chi connectivity index (χ1) is 14.5. The molecule has 0 aliphatic carbocycles. The minimum Gasteiger partial charge on any atom is -0.491 e. The van der Waals surface area contributed by atoms with Gasteiger partial charge < -0.3 is 14.4 Å². The van der Waals surface area contributed by atoms with E-state index in [-0.39, 0.29) is 29.0 Å². The molecule has 0 atom stereocenters. The van der Waals surface area contributed by atoms with Gasteiger partial charge in [0.2, 0.25) is 5.95 Å². The minimum atomic E-state index is -0.684. The second-order valence-electron chi connectivity index (χ2n) is 6.80. The maximum absolute atomic E-state index is 14.6. The van der Waals surface area contributed by atoms with Crippen molar-refractivity contribution in [1.29, 1.82) is 0 Å². The smallest absolute Gasteiger partial charge is 0.282 e. The summed E-state index contributed by atoms with van der Waals surface area (Å²) in [5, 5.41) is 7.58. The monoisotopic (exact) mass is 418 g/mol. The van der Waals surface area contributed by atoms with Gasteiger partial charge in [0.1, 0.15) is 24.0 Å². The maximum atomic E-state index is 14.6. The number of aryl methyl sites for hydroxylation is 1. The van der Waals surface area contributed by atoms with Crippen LogP contribution in [0.3, 0.4) is 0 Å². The summed E-state index contributed by atoms with van der Waals surface area (Å²) >= 11 is 0. The Morgan fingerprint density at radius 2 is 2.00 bits per heavy atom. The number of aromatic amines is 1. The lowest BCUT2D eigenvalue weighted by atomic mass is 9.98. The van der Waals surface area contributed by atoms with Crippen molar-refractivity contribution >= 4 is 22.7 Å². The Balaban J connectivity index is 1.55. The number of hydrogen-bond acceptors (Lipinski definition) is 7. The topological polar surface area (TPSA) is 98.2 Å². The van der Waals surface area contributed by atoms with E-state index in [1.54, 1.807) is 13.1 Å². The summed E-state index contributed by atoms with van der Waals surface area (Å²) in [6, 6.07) is 2.34. The van der Waals surface area contributed by atoms with Crippen molar-refractivity contribution in [2.45, 2.75) is 6.42 Å². The first kappa shape index (κ1) is 20.0. The quantitative estimate of drug-likeness (QED) is 0.608. The second-order valence-corrected chi connectivity index (χ2v) is 6.80. The third-order valence-corrected chi connectivity index (χ3v) is 4.85. The molecule has 0 radical (unpaired) electrons. The van der Waals surface area contributed by atoms with E-state index in [0.717, 1.165) is 0 Å². The van der Waals surface area contributed by atoms with Crippen molar-refractivity contribution in [2.24, 2.45) is 7.05 Å². The van der Waals surface area contributed by atoms with Crippen LogP contribution in [0.25, 0.3) is 16.7 Å². The molecule has 30 heavy (non-hydrogen) atoms. The second kappa shape index (κ2) is 8.19. The largest absolute Gasteiger partial charge is 0.491 e. The fourth-order valence-electron chi connectivity index (χ4n) is 3.33. The molecule has 158 valence electrons. The molecule has 0 amide bonds. The molecule has 1 aliphatic heterocycles. The maximum Gasteiger partial charge on any atom is 0.282 e. The molecule has 0 bridgehead atoms. The van der Waals surface area contributed by atoms with E-state index < -0.39 is 11.6 Å². The number of H-pyrrole nitrogens is 1. The molecule has 3 heterocycles. The highest BCUT2D eigenvalue weighted by atomic mass is 19.1. The number of ether oxygens (including phenoxy) is 2. The number of anilines is 1.